The number of ether oxygens (including phenoxy) is 1. The number of aromatic nitrogens is 2. The molecule has 0 aromatic carbocycles. The third kappa shape index (κ3) is 4.51. The summed E-state index contributed by atoms with van der Waals surface area (Å²) in [5.41, 5.74) is -0.927. The van der Waals surface area contributed by atoms with Gasteiger partial charge in [0.15, 0.2) is 5.82 Å². The van der Waals surface area contributed by atoms with Crippen molar-refractivity contribution in [3.63, 3.8) is 0 Å². The van der Waals surface area contributed by atoms with Crippen LogP contribution in [0.5, 0.6) is 0 Å². The van der Waals surface area contributed by atoms with Crippen LogP contribution < -0.4 is 5.32 Å². The number of hydrogen-bond donors (Lipinski definition) is 2. The molecule has 0 atom stereocenters. The minimum absolute atomic E-state index is 0.117. The lowest BCUT2D eigenvalue weighted by Gasteiger charge is -2.33. The zero-order valence-electron chi connectivity index (χ0n) is 13.5. The van der Waals surface area contributed by atoms with Gasteiger partial charge in [-0.25, -0.2) is 0 Å². The summed E-state index contributed by atoms with van der Waals surface area (Å²) < 4.78 is 10.3. The summed E-state index contributed by atoms with van der Waals surface area (Å²) in [6.45, 7) is 4.84. The van der Waals surface area contributed by atoms with Crippen molar-refractivity contribution in [3.8, 4) is 0 Å². The second kappa shape index (κ2) is 7.54. The van der Waals surface area contributed by atoms with Crippen LogP contribution in [0.25, 0.3) is 0 Å². The Bertz CT molecular complexity index is 549. The molecule has 1 aromatic rings. The minimum atomic E-state index is -0.927. The Morgan fingerprint density at radius 2 is 2.04 bits per heavy atom. The predicted molar refractivity (Wildman–Crippen MR) is 79.8 cm³/mol. The fraction of sp³-hybridized carbons (Fsp3) is 0.733. The quantitative estimate of drug-likeness (QED) is 0.772. The third-order valence-electron chi connectivity index (χ3n) is 4.09. The fourth-order valence-electron chi connectivity index (χ4n) is 2.41. The molecule has 1 saturated heterocycles. The molecule has 1 aromatic heterocycles. The van der Waals surface area contributed by atoms with Crippen LogP contribution in [-0.4, -0.2) is 46.9 Å². The van der Waals surface area contributed by atoms with Gasteiger partial charge in [0.2, 0.25) is 11.8 Å². The van der Waals surface area contributed by atoms with Crippen molar-refractivity contribution in [2.45, 2.75) is 45.4 Å². The van der Waals surface area contributed by atoms with Crippen LogP contribution in [0.4, 0.5) is 0 Å². The molecule has 1 aliphatic heterocycles. The van der Waals surface area contributed by atoms with Crippen LogP contribution >= 0.6 is 0 Å². The SMILES string of the molecule is CC(C)c1noc(CCC(=O)NCC2(C(=O)O)CCOCC2)n1. The molecule has 0 saturated carbocycles. The average molecular weight is 325 g/mol. The van der Waals surface area contributed by atoms with E-state index in [-0.39, 0.29) is 24.8 Å². The van der Waals surface area contributed by atoms with Crippen LogP contribution in [0, 0.1) is 5.41 Å². The van der Waals surface area contributed by atoms with Crippen molar-refractivity contribution in [1.82, 2.24) is 15.5 Å². The minimum Gasteiger partial charge on any atom is -0.481 e. The van der Waals surface area contributed by atoms with Gasteiger partial charge >= 0.3 is 5.97 Å². The molecule has 2 heterocycles. The second-order valence-electron chi connectivity index (χ2n) is 6.18. The second-order valence-corrected chi connectivity index (χ2v) is 6.18. The molecule has 0 unspecified atom stereocenters. The van der Waals surface area contributed by atoms with E-state index in [2.05, 4.69) is 15.5 Å². The molecular weight excluding hydrogens is 302 g/mol. The summed E-state index contributed by atoms with van der Waals surface area (Å²) >= 11 is 0. The van der Waals surface area contributed by atoms with Crippen molar-refractivity contribution < 1.29 is 24.0 Å². The highest BCUT2D eigenvalue weighted by Gasteiger charge is 2.40. The van der Waals surface area contributed by atoms with Crippen molar-refractivity contribution in [2.24, 2.45) is 5.41 Å². The first-order chi connectivity index (χ1) is 10.9. The van der Waals surface area contributed by atoms with Crippen molar-refractivity contribution in [3.05, 3.63) is 11.7 Å². The molecule has 2 N–H and O–H groups in total. The Balaban J connectivity index is 1.80. The number of carboxylic acids is 1. The molecule has 128 valence electrons. The summed E-state index contributed by atoms with van der Waals surface area (Å²) in [5.74, 6) is 0.0987. The highest BCUT2D eigenvalue weighted by atomic mass is 16.5. The van der Waals surface area contributed by atoms with E-state index in [0.717, 1.165) is 0 Å². The van der Waals surface area contributed by atoms with Gasteiger partial charge in [-0.2, -0.15) is 4.98 Å². The number of nitrogens with zero attached hydrogens (tertiary/aromatic N) is 2. The maximum Gasteiger partial charge on any atom is 0.311 e. The first-order valence-electron chi connectivity index (χ1n) is 7.83. The van der Waals surface area contributed by atoms with Gasteiger partial charge in [-0.1, -0.05) is 19.0 Å². The molecule has 8 heteroatoms. The smallest absolute Gasteiger partial charge is 0.311 e. The Labute approximate surface area is 134 Å². The number of amides is 1. The fourth-order valence-corrected chi connectivity index (χ4v) is 2.41. The number of carbonyl (C=O) groups excluding carboxylic acids is 1. The van der Waals surface area contributed by atoms with Gasteiger partial charge in [-0.15, -0.1) is 0 Å². The van der Waals surface area contributed by atoms with E-state index < -0.39 is 11.4 Å². The van der Waals surface area contributed by atoms with E-state index in [1.165, 1.54) is 0 Å². The first-order valence-corrected chi connectivity index (χ1v) is 7.83. The topological polar surface area (TPSA) is 115 Å². The third-order valence-corrected chi connectivity index (χ3v) is 4.09. The lowest BCUT2D eigenvalue weighted by molar-refractivity contribution is -0.154. The molecule has 0 aliphatic carbocycles. The zero-order chi connectivity index (χ0) is 16.9. The van der Waals surface area contributed by atoms with Gasteiger partial charge in [-0.05, 0) is 12.8 Å². The van der Waals surface area contributed by atoms with E-state index in [4.69, 9.17) is 9.26 Å². The highest BCUT2D eigenvalue weighted by molar-refractivity contribution is 5.79. The van der Waals surface area contributed by atoms with Crippen LogP contribution in [0.3, 0.4) is 0 Å². The van der Waals surface area contributed by atoms with Crippen LogP contribution in [0.15, 0.2) is 4.52 Å². The number of hydrogen-bond acceptors (Lipinski definition) is 6. The maximum absolute atomic E-state index is 11.9. The van der Waals surface area contributed by atoms with Crippen LogP contribution in [0.1, 0.15) is 50.7 Å². The van der Waals surface area contributed by atoms with E-state index in [1.54, 1.807) is 0 Å². The average Bonchev–Trinajstić information content (AvgIpc) is 3.01. The lowest BCUT2D eigenvalue weighted by atomic mass is 9.80. The Morgan fingerprint density at radius 3 is 2.61 bits per heavy atom. The Hall–Kier alpha value is -1.96. The van der Waals surface area contributed by atoms with Crippen LogP contribution in [0.2, 0.25) is 0 Å². The summed E-state index contributed by atoms with van der Waals surface area (Å²) in [5, 5.41) is 16.0. The molecule has 0 bridgehead atoms. The zero-order valence-corrected chi connectivity index (χ0v) is 13.5. The normalized spacial score (nSPS) is 17.2. The van der Waals surface area contributed by atoms with Gasteiger partial charge in [-0.3, -0.25) is 9.59 Å². The monoisotopic (exact) mass is 325 g/mol. The molecule has 2 rings (SSSR count). The molecule has 0 spiro atoms. The van der Waals surface area contributed by atoms with E-state index >= 15 is 0 Å². The number of carboxylic acid groups (broad SMARTS) is 1. The standard InChI is InChI=1S/C15H23N3O5/c1-10(2)13-17-12(23-18-13)4-3-11(19)16-9-15(14(20)21)5-7-22-8-6-15/h10H,3-9H2,1-2H3,(H,16,19)(H,20,21). The first kappa shape index (κ1) is 17.4. The number of aliphatic carboxylic acids is 1. The predicted octanol–water partition coefficient (Wildman–Crippen LogP) is 1.12. The van der Waals surface area contributed by atoms with Gasteiger partial charge < -0.3 is 19.7 Å². The van der Waals surface area contributed by atoms with Gasteiger partial charge in [0.25, 0.3) is 0 Å². The molecule has 1 fully saturated rings. The summed E-state index contributed by atoms with van der Waals surface area (Å²) in [7, 11) is 0. The number of rotatable bonds is 7. The highest BCUT2D eigenvalue weighted by Crippen LogP contribution is 2.30. The van der Waals surface area contributed by atoms with Gasteiger partial charge in [0.05, 0.1) is 5.41 Å². The van der Waals surface area contributed by atoms with E-state index in [1.807, 2.05) is 13.8 Å². The maximum atomic E-state index is 11.9. The molecule has 8 nitrogen and oxygen atoms in total. The number of carbonyl (C=O) groups is 2. The largest absolute Gasteiger partial charge is 0.481 e. The van der Waals surface area contributed by atoms with E-state index in [0.29, 0.717) is 44.2 Å². The Kier molecular flexibility index (Phi) is 5.70. The molecule has 0 radical (unpaired) electrons. The molecule has 1 aliphatic rings. The Morgan fingerprint density at radius 1 is 1.35 bits per heavy atom. The van der Waals surface area contributed by atoms with Crippen LogP contribution in [-0.2, 0) is 20.7 Å². The van der Waals surface area contributed by atoms with E-state index in [9.17, 15) is 14.7 Å². The van der Waals surface area contributed by atoms with Crippen molar-refractivity contribution in [1.29, 1.82) is 0 Å². The molecule has 1 amide bonds. The van der Waals surface area contributed by atoms with Gasteiger partial charge in [0.1, 0.15) is 0 Å². The number of nitrogens with one attached hydrogen (secondary N) is 1. The van der Waals surface area contributed by atoms with Gasteiger partial charge in [0, 0.05) is 38.5 Å². The number of aryl methyl sites for hydroxylation is 1. The molecule has 23 heavy (non-hydrogen) atoms. The summed E-state index contributed by atoms with van der Waals surface area (Å²) in [6, 6.07) is 0. The van der Waals surface area contributed by atoms with Crippen molar-refractivity contribution in [2.75, 3.05) is 19.8 Å². The van der Waals surface area contributed by atoms with Crippen molar-refractivity contribution >= 4 is 11.9 Å². The molecular formula is C15H23N3O5. The summed E-state index contributed by atoms with van der Waals surface area (Å²) in [6.07, 6.45) is 1.34. The summed E-state index contributed by atoms with van der Waals surface area (Å²) in [4.78, 5) is 27.6. The lowest BCUT2D eigenvalue weighted by Crippen LogP contribution is -2.46.